The second-order valence-corrected chi connectivity index (χ2v) is 6.46. The van der Waals surface area contributed by atoms with Crippen molar-refractivity contribution in [3.63, 3.8) is 0 Å². The normalized spacial score (nSPS) is 15.4. The van der Waals surface area contributed by atoms with Gasteiger partial charge in [-0.05, 0) is 70.0 Å². The van der Waals surface area contributed by atoms with E-state index < -0.39 is 5.97 Å². The van der Waals surface area contributed by atoms with Gasteiger partial charge in [-0.2, -0.15) is 0 Å². The zero-order valence-electron chi connectivity index (χ0n) is 13.2. The van der Waals surface area contributed by atoms with Gasteiger partial charge >= 0.3 is 5.97 Å². The molecule has 0 N–H and O–H groups in total. The molecule has 0 radical (unpaired) electrons. The quantitative estimate of drug-likeness (QED) is 0.567. The Morgan fingerprint density at radius 1 is 1.12 bits per heavy atom. The average Bonchev–Trinajstić information content (AvgIpc) is 2.88. The summed E-state index contributed by atoms with van der Waals surface area (Å²) >= 11 is 3.53. The maximum Gasteiger partial charge on any atom is 0.343 e. The van der Waals surface area contributed by atoms with Gasteiger partial charge in [-0.1, -0.05) is 6.07 Å². The third-order valence-corrected chi connectivity index (χ3v) is 4.26. The van der Waals surface area contributed by atoms with Crippen LogP contribution in [0.5, 0.6) is 0 Å². The van der Waals surface area contributed by atoms with Crippen LogP contribution in [0.25, 0.3) is 11.8 Å². The Bertz CT molecular complexity index is 854. The van der Waals surface area contributed by atoms with Gasteiger partial charge in [0.2, 0.25) is 0 Å². The lowest BCUT2D eigenvalue weighted by Crippen LogP contribution is -2.09. The van der Waals surface area contributed by atoms with E-state index in [1.54, 1.807) is 24.3 Å². The summed E-state index contributed by atoms with van der Waals surface area (Å²) in [6, 6.07) is 11.7. The number of nitrogens with zero attached hydrogens (tertiary/aromatic N) is 1. The number of cyclic esters (lactones) is 1. The zero-order valence-corrected chi connectivity index (χ0v) is 14.8. The van der Waals surface area contributed by atoms with Gasteiger partial charge in [0.05, 0.1) is 11.3 Å². The van der Waals surface area contributed by atoms with Crippen molar-refractivity contribution < 1.29 is 13.9 Å². The first-order valence-electron chi connectivity index (χ1n) is 7.32. The lowest BCUT2D eigenvalue weighted by molar-refractivity contribution is -0.130. The predicted molar refractivity (Wildman–Crippen MR) is 96.9 cm³/mol. The monoisotopic (exact) mass is 387 g/mol. The molecule has 0 saturated carbocycles. The van der Waals surface area contributed by atoms with Crippen molar-refractivity contribution in [3.8, 4) is 0 Å². The summed E-state index contributed by atoms with van der Waals surface area (Å²) in [6.45, 7) is 0. The summed E-state index contributed by atoms with van der Waals surface area (Å²) in [4.78, 5) is 14.1. The highest BCUT2D eigenvalue weighted by Gasteiger charge is 2.22. The molecule has 24 heavy (non-hydrogen) atoms. The molecule has 0 bridgehead atoms. The number of hydrogen-bond acceptors (Lipinski definition) is 3. The van der Waals surface area contributed by atoms with E-state index in [4.69, 9.17) is 4.74 Å². The van der Waals surface area contributed by atoms with E-state index in [0.717, 1.165) is 15.7 Å². The summed E-state index contributed by atoms with van der Waals surface area (Å²) in [5.41, 5.74) is 3.06. The van der Waals surface area contributed by atoms with Crippen LogP contribution in [-0.2, 0) is 9.53 Å². The molecule has 0 spiro atoms. The minimum absolute atomic E-state index is 0.328. The molecule has 3 rings (SSSR count). The van der Waals surface area contributed by atoms with E-state index in [2.05, 4.69) is 15.9 Å². The molecule has 3 nitrogen and oxygen atoms in total. The van der Waals surface area contributed by atoms with Crippen molar-refractivity contribution in [2.45, 2.75) is 0 Å². The average molecular weight is 388 g/mol. The molecule has 1 aliphatic heterocycles. The number of ether oxygens (including phenoxy) is 1. The van der Waals surface area contributed by atoms with Crippen molar-refractivity contribution in [1.82, 2.24) is 0 Å². The maximum absolute atomic E-state index is 13.0. The van der Waals surface area contributed by atoms with Gasteiger partial charge in [-0.25, -0.2) is 9.18 Å². The molecule has 2 aromatic rings. The maximum atomic E-state index is 13.0. The Kier molecular flexibility index (Phi) is 4.53. The van der Waals surface area contributed by atoms with Gasteiger partial charge < -0.3 is 9.64 Å². The molecule has 0 atom stereocenters. The van der Waals surface area contributed by atoms with Crippen molar-refractivity contribution in [1.29, 1.82) is 0 Å². The van der Waals surface area contributed by atoms with Crippen LogP contribution >= 0.6 is 15.9 Å². The Hall–Kier alpha value is -2.40. The predicted octanol–water partition coefficient (Wildman–Crippen LogP) is 4.64. The standard InChI is InChI=1S/C19H15BrFNO2/c1-22(2)17-8-3-12(10-16(17)20)9-14-11-18(24-19(14)23)13-4-6-15(21)7-5-13/h3-11H,1-2H3/b14-9+. The van der Waals surface area contributed by atoms with Crippen LogP contribution in [0.15, 0.2) is 58.6 Å². The third-order valence-electron chi connectivity index (χ3n) is 3.63. The molecule has 0 unspecified atom stereocenters. The number of halogens is 2. The highest BCUT2D eigenvalue weighted by molar-refractivity contribution is 9.10. The first-order chi connectivity index (χ1) is 11.4. The van der Waals surface area contributed by atoms with Gasteiger partial charge in [-0.3, -0.25) is 0 Å². The number of esters is 1. The highest BCUT2D eigenvalue weighted by Crippen LogP contribution is 2.30. The summed E-state index contributed by atoms with van der Waals surface area (Å²) in [5.74, 6) is -0.317. The minimum Gasteiger partial charge on any atom is -0.422 e. The van der Waals surface area contributed by atoms with E-state index in [0.29, 0.717) is 16.9 Å². The highest BCUT2D eigenvalue weighted by atomic mass is 79.9. The number of hydrogen-bond donors (Lipinski definition) is 0. The fourth-order valence-corrected chi connectivity index (χ4v) is 3.15. The molecular weight excluding hydrogens is 373 g/mol. The molecule has 1 aliphatic rings. The summed E-state index contributed by atoms with van der Waals surface area (Å²) in [7, 11) is 3.93. The molecule has 0 aliphatic carbocycles. The van der Waals surface area contributed by atoms with E-state index >= 15 is 0 Å². The summed E-state index contributed by atoms with van der Waals surface area (Å²) in [5, 5.41) is 0. The first kappa shape index (κ1) is 16.5. The molecule has 0 saturated heterocycles. The Balaban J connectivity index is 1.91. The number of rotatable bonds is 3. The number of carbonyl (C=O) groups is 1. The number of carbonyl (C=O) groups excluding carboxylic acids is 1. The molecule has 0 aromatic heterocycles. The molecule has 0 amide bonds. The van der Waals surface area contributed by atoms with Gasteiger partial charge in [0.25, 0.3) is 0 Å². The fourth-order valence-electron chi connectivity index (χ4n) is 2.40. The van der Waals surface area contributed by atoms with E-state index in [-0.39, 0.29) is 5.82 Å². The van der Waals surface area contributed by atoms with Crippen LogP contribution < -0.4 is 4.90 Å². The second kappa shape index (κ2) is 6.61. The van der Waals surface area contributed by atoms with Crippen LogP contribution in [0.1, 0.15) is 11.1 Å². The van der Waals surface area contributed by atoms with Gasteiger partial charge in [0, 0.05) is 24.1 Å². The largest absolute Gasteiger partial charge is 0.422 e. The molecule has 2 aromatic carbocycles. The van der Waals surface area contributed by atoms with Crippen LogP contribution in [0, 0.1) is 5.82 Å². The van der Waals surface area contributed by atoms with E-state index in [1.807, 2.05) is 37.2 Å². The van der Waals surface area contributed by atoms with Crippen molar-refractivity contribution >= 4 is 39.4 Å². The minimum atomic E-state index is -0.415. The van der Waals surface area contributed by atoms with Crippen molar-refractivity contribution in [2.75, 3.05) is 19.0 Å². The fraction of sp³-hybridized carbons (Fsp3) is 0.105. The molecule has 122 valence electrons. The van der Waals surface area contributed by atoms with Crippen LogP contribution in [0.4, 0.5) is 10.1 Å². The van der Waals surface area contributed by atoms with Crippen molar-refractivity contribution in [2.24, 2.45) is 0 Å². The van der Waals surface area contributed by atoms with Gasteiger partial charge in [0.15, 0.2) is 0 Å². The lowest BCUT2D eigenvalue weighted by atomic mass is 10.1. The van der Waals surface area contributed by atoms with Crippen LogP contribution in [-0.4, -0.2) is 20.1 Å². The Morgan fingerprint density at radius 2 is 1.83 bits per heavy atom. The zero-order chi connectivity index (χ0) is 17.3. The van der Waals surface area contributed by atoms with Crippen LogP contribution in [0.3, 0.4) is 0 Å². The van der Waals surface area contributed by atoms with Gasteiger partial charge in [-0.15, -0.1) is 0 Å². The first-order valence-corrected chi connectivity index (χ1v) is 8.12. The topological polar surface area (TPSA) is 29.5 Å². The Labute approximate surface area is 148 Å². The van der Waals surface area contributed by atoms with E-state index in [1.165, 1.54) is 12.1 Å². The SMILES string of the molecule is CN(C)c1ccc(/C=C2\C=C(c3ccc(F)cc3)OC2=O)cc1Br. The molecule has 1 heterocycles. The summed E-state index contributed by atoms with van der Waals surface area (Å²) < 4.78 is 19.2. The molecule has 0 fully saturated rings. The van der Waals surface area contributed by atoms with Crippen molar-refractivity contribution in [3.05, 3.63) is 75.5 Å². The number of anilines is 1. The molecular formula is C19H15BrFNO2. The molecule has 5 heteroatoms. The van der Waals surface area contributed by atoms with Gasteiger partial charge in [0.1, 0.15) is 11.6 Å². The third kappa shape index (κ3) is 3.41. The van der Waals surface area contributed by atoms with E-state index in [9.17, 15) is 9.18 Å². The second-order valence-electron chi connectivity index (χ2n) is 5.61. The smallest absolute Gasteiger partial charge is 0.343 e. The number of benzene rings is 2. The summed E-state index contributed by atoms with van der Waals surface area (Å²) in [6.07, 6.45) is 3.44. The lowest BCUT2D eigenvalue weighted by Gasteiger charge is -2.14. The van der Waals surface area contributed by atoms with Crippen LogP contribution in [0.2, 0.25) is 0 Å². The Morgan fingerprint density at radius 3 is 2.46 bits per heavy atom.